The number of ether oxygens (including phenoxy) is 2. The largest absolute Gasteiger partial charge is 0.505 e. The van der Waals surface area contributed by atoms with Gasteiger partial charge in [-0.25, -0.2) is 4.98 Å². The molecule has 262 valence electrons. The number of nitrogens with zero attached hydrogens (tertiary/aromatic N) is 6. The van der Waals surface area contributed by atoms with E-state index in [1.165, 1.54) is 18.3 Å². The van der Waals surface area contributed by atoms with Gasteiger partial charge in [0.1, 0.15) is 17.9 Å². The summed E-state index contributed by atoms with van der Waals surface area (Å²) in [6.07, 6.45) is -0.171. The fourth-order valence-corrected chi connectivity index (χ4v) is 7.19. The summed E-state index contributed by atoms with van der Waals surface area (Å²) in [7, 11) is 0. The summed E-state index contributed by atoms with van der Waals surface area (Å²) in [4.78, 5) is 51.7. The van der Waals surface area contributed by atoms with Crippen molar-refractivity contribution >= 4 is 40.5 Å². The van der Waals surface area contributed by atoms with Gasteiger partial charge in [0.25, 0.3) is 11.5 Å². The second-order valence-electron chi connectivity index (χ2n) is 12.4. The van der Waals surface area contributed by atoms with Crippen LogP contribution in [0.3, 0.4) is 0 Å². The van der Waals surface area contributed by atoms with Gasteiger partial charge in [0, 0.05) is 37.3 Å². The number of hydrogen-bond donors (Lipinski definition) is 2. The van der Waals surface area contributed by atoms with Crippen LogP contribution in [0.25, 0.3) is 11.4 Å². The molecule has 17 heteroatoms. The van der Waals surface area contributed by atoms with E-state index in [0.717, 1.165) is 28.3 Å². The number of halogens is 4. The third-order valence-corrected chi connectivity index (χ3v) is 9.62. The van der Waals surface area contributed by atoms with Crippen LogP contribution in [0.5, 0.6) is 5.75 Å². The Morgan fingerprint density at radius 3 is 2.72 bits per heavy atom. The number of likely N-dealkylation sites (tertiary alicyclic amines) is 1. The van der Waals surface area contributed by atoms with Gasteiger partial charge in [0.05, 0.1) is 41.7 Å². The molecule has 1 aromatic carbocycles. The van der Waals surface area contributed by atoms with Crippen LogP contribution < -0.4 is 10.9 Å². The maximum absolute atomic E-state index is 14.4. The van der Waals surface area contributed by atoms with Crippen LogP contribution in [-0.4, -0.2) is 78.4 Å². The number of carbonyl (C=O) groups excluding carboxylic acids is 2. The molecule has 2 N–H and O–H groups in total. The number of aromatic nitrogens is 5. The highest BCUT2D eigenvalue weighted by molar-refractivity contribution is 6.33. The van der Waals surface area contributed by atoms with E-state index in [9.17, 15) is 32.7 Å². The van der Waals surface area contributed by atoms with Crippen molar-refractivity contribution in [2.75, 3.05) is 31.7 Å². The number of alkyl halides is 3. The number of anilines is 1. The van der Waals surface area contributed by atoms with Gasteiger partial charge >= 0.3 is 6.18 Å². The quantitative estimate of drug-likeness (QED) is 0.310. The van der Waals surface area contributed by atoms with Gasteiger partial charge in [-0.2, -0.15) is 22.7 Å². The van der Waals surface area contributed by atoms with E-state index in [4.69, 9.17) is 21.1 Å². The Kier molecular flexibility index (Phi) is 8.64. The summed E-state index contributed by atoms with van der Waals surface area (Å²) < 4.78 is 54.2. The van der Waals surface area contributed by atoms with Crippen molar-refractivity contribution in [2.45, 2.75) is 57.0 Å². The van der Waals surface area contributed by atoms with E-state index >= 15 is 0 Å². The fourth-order valence-electron chi connectivity index (χ4n) is 6.96. The van der Waals surface area contributed by atoms with Crippen molar-refractivity contribution in [2.24, 2.45) is 0 Å². The number of pyridine rings is 1. The van der Waals surface area contributed by atoms with Crippen molar-refractivity contribution in [3.8, 4) is 5.75 Å². The number of amides is 2. The van der Waals surface area contributed by atoms with Gasteiger partial charge < -0.3 is 29.4 Å². The Hall–Kier alpha value is -4.80. The van der Waals surface area contributed by atoms with Crippen LogP contribution in [0.1, 0.15) is 59.3 Å². The van der Waals surface area contributed by atoms with Crippen molar-refractivity contribution < 1.29 is 37.3 Å². The number of benzene rings is 1. The minimum Gasteiger partial charge on any atom is -0.505 e. The number of fused-ring (bicyclic) bond motifs is 3. The molecule has 3 aliphatic rings. The topological polar surface area (TPSA) is 153 Å². The zero-order chi connectivity index (χ0) is 35.4. The van der Waals surface area contributed by atoms with E-state index in [1.54, 1.807) is 9.47 Å². The molecule has 6 heterocycles. The Morgan fingerprint density at radius 2 is 2.02 bits per heavy atom. The fraction of sp³-hybridized carbons (Fsp3) is 0.394. The molecule has 1 fully saturated rings. The van der Waals surface area contributed by atoms with E-state index in [0.29, 0.717) is 31.2 Å². The first-order valence-corrected chi connectivity index (χ1v) is 16.3. The summed E-state index contributed by atoms with van der Waals surface area (Å²) in [6.45, 7) is 2.61. The molecule has 13 nitrogen and oxygen atoms in total. The second-order valence-corrected chi connectivity index (χ2v) is 12.8. The molecular formula is C33H31ClF3N7O6. The molecule has 4 aromatic rings. The SMILES string of the molecule is C[C@H]1CC2(CCN1C(=O)c1ncccc1O)OCCc1c2c(=O)n2nc(C3=CCOCC3)nc2n1CC(=O)Nc1ccc(C(F)(F)F)cc1Cl. The second kappa shape index (κ2) is 12.8. The van der Waals surface area contributed by atoms with Gasteiger partial charge in [-0.05, 0) is 55.7 Å². The Morgan fingerprint density at radius 1 is 1.20 bits per heavy atom. The predicted octanol–water partition coefficient (Wildman–Crippen LogP) is 4.20. The molecule has 1 unspecified atom stereocenters. The van der Waals surface area contributed by atoms with Gasteiger partial charge in [-0.3, -0.25) is 14.4 Å². The standard InChI is InChI=1S/C33H31ClF3N7O6/c1-18-16-32(9-11-42(18)30(48)27-24(45)3-2-10-38-27)26-23(8-14-50-32)43(17-25(46)39-22-5-4-20(15-21(22)34)33(35,36)37)31-40-28(41-44(31)29(26)47)19-6-12-49-13-7-19/h2-6,10,15,18,45H,7-9,11-14,16-17H2,1H3,(H,39,46)/t18-,32?/m0/s1. The highest BCUT2D eigenvalue weighted by Gasteiger charge is 2.48. The van der Waals surface area contributed by atoms with Crippen LogP contribution in [0.15, 0.2) is 47.4 Å². The van der Waals surface area contributed by atoms with Crippen molar-refractivity contribution in [3.05, 3.63) is 86.3 Å². The average molecular weight is 714 g/mol. The molecule has 2 amide bonds. The molecule has 0 aliphatic carbocycles. The van der Waals surface area contributed by atoms with Crippen LogP contribution in [0.2, 0.25) is 5.02 Å². The zero-order valence-electron chi connectivity index (χ0n) is 26.7. The molecule has 3 aliphatic heterocycles. The molecule has 50 heavy (non-hydrogen) atoms. The third kappa shape index (κ3) is 6.00. The number of nitrogens with one attached hydrogen (secondary N) is 1. The summed E-state index contributed by atoms with van der Waals surface area (Å²) in [5.41, 5.74) is -1.13. The number of aromatic hydroxyl groups is 1. The summed E-state index contributed by atoms with van der Waals surface area (Å²) in [5, 5.41) is 17.1. The summed E-state index contributed by atoms with van der Waals surface area (Å²) in [5.74, 6) is -0.927. The molecule has 0 saturated carbocycles. The van der Waals surface area contributed by atoms with Gasteiger partial charge in [-0.15, -0.1) is 5.10 Å². The van der Waals surface area contributed by atoms with Crippen molar-refractivity contribution in [1.82, 2.24) is 29.0 Å². The Labute approximate surface area is 287 Å². The normalized spacial score (nSPS) is 20.9. The molecule has 1 saturated heterocycles. The highest BCUT2D eigenvalue weighted by Crippen LogP contribution is 2.43. The summed E-state index contributed by atoms with van der Waals surface area (Å²) in [6, 6.07) is 5.09. The Bertz CT molecular complexity index is 2120. The molecule has 0 radical (unpaired) electrons. The third-order valence-electron chi connectivity index (χ3n) is 9.31. The number of hydrogen-bond acceptors (Lipinski definition) is 9. The zero-order valence-corrected chi connectivity index (χ0v) is 27.4. The van der Waals surface area contributed by atoms with Crippen LogP contribution in [0.4, 0.5) is 18.9 Å². The monoisotopic (exact) mass is 713 g/mol. The molecular weight excluding hydrogens is 683 g/mol. The average Bonchev–Trinajstić information content (AvgIpc) is 3.54. The molecule has 3 aromatic heterocycles. The lowest BCUT2D eigenvalue weighted by atomic mass is 9.78. The van der Waals surface area contributed by atoms with Gasteiger partial charge in [0.2, 0.25) is 11.7 Å². The minimum absolute atomic E-state index is 0.0188. The lowest BCUT2D eigenvalue weighted by Crippen LogP contribution is -2.55. The van der Waals surface area contributed by atoms with Crippen LogP contribution in [-0.2, 0) is 39.0 Å². The van der Waals surface area contributed by atoms with Crippen LogP contribution in [0, 0.1) is 0 Å². The van der Waals surface area contributed by atoms with E-state index in [-0.39, 0.29) is 72.5 Å². The van der Waals surface area contributed by atoms with Crippen molar-refractivity contribution in [1.29, 1.82) is 0 Å². The first-order valence-electron chi connectivity index (χ1n) is 15.9. The van der Waals surface area contributed by atoms with Gasteiger partial charge in [-0.1, -0.05) is 17.7 Å². The van der Waals surface area contributed by atoms with Crippen molar-refractivity contribution in [3.63, 3.8) is 0 Å². The smallest absolute Gasteiger partial charge is 0.416 e. The van der Waals surface area contributed by atoms with Gasteiger partial charge in [0.15, 0.2) is 11.5 Å². The number of rotatable bonds is 5. The Balaban J connectivity index is 1.28. The molecule has 7 rings (SSSR count). The maximum Gasteiger partial charge on any atom is 0.416 e. The molecule has 0 bridgehead atoms. The number of piperidine rings is 1. The first-order chi connectivity index (χ1) is 23.9. The van der Waals surface area contributed by atoms with E-state index < -0.39 is 40.8 Å². The predicted molar refractivity (Wildman–Crippen MR) is 173 cm³/mol. The lowest BCUT2D eigenvalue weighted by Gasteiger charge is -2.47. The highest BCUT2D eigenvalue weighted by atomic mass is 35.5. The van der Waals surface area contributed by atoms with Crippen LogP contribution >= 0.6 is 11.6 Å². The minimum atomic E-state index is -4.61. The summed E-state index contributed by atoms with van der Waals surface area (Å²) >= 11 is 6.13. The number of carbonyl (C=O) groups is 2. The van der Waals surface area contributed by atoms with E-state index in [2.05, 4.69) is 20.4 Å². The molecule has 1 spiro atoms. The molecule has 2 atom stereocenters. The maximum atomic E-state index is 14.4. The lowest BCUT2D eigenvalue weighted by molar-refractivity contribution is -0.137. The first kappa shape index (κ1) is 33.7. The van der Waals surface area contributed by atoms with E-state index in [1.807, 2.05) is 13.0 Å².